The third kappa shape index (κ3) is 4.11. The van der Waals surface area contributed by atoms with Crippen LogP contribution in [0.15, 0.2) is 30.3 Å². The highest BCUT2D eigenvalue weighted by molar-refractivity contribution is 7.17. The Balaban J connectivity index is 1.77. The number of nitrogens with one attached hydrogen (secondary N) is 1. The summed E-state index contributed by atoms with van der Waals surface area (Å²) in [5.74, 6) is -2.02. The number of aryl methyl sites for hydroxylation is 1. The van der Waals surface area contributed by atoms with E-state index in [9.17, 15) is 19.1 Å². The van der Waals surface area contributed by atoms with E-state index < -0.39 is 17.9 Å². The molecule has 3 rings (SSSR count). The first-order chi connectivity index (χ1) is 12.5. The zero-order valence-corrected chi connectivity index (χ0v) is 15.1. The van der Waals surface area contributed by atoms with Crippen LogP contribution in [0.2, 0.25) is 0 Å². The zero-order valence-electron chi connectivity index (χ0n) is 14.3. The summed E-state index contributed by atoms with van der Waals surface area (Å²) in [5.41, 5.74) is 1.71. The molecule has 0 radical (unpaired) electrons. The number of carbonyl (C=O) groups is 2. The highest BCUT2D eigenvalue weighted by Crippen LogP contribution is 2.32. The molecule has 7 heteroatoms. The van der Waals surface area contributed by atoms with Crippen LogP contribution in [0.1, 0.15) is 28.1 Å². The van der Waals surface area contributed by atoms with Gasteiger partial charge in [0.05, 0.1) is 11.5 Å². The lowest BCUT2D eigenvalue weighted by molar-refractivity contribution is -0.142. The molecule has 5 nitrogen and oxygen atoms in total. The molecule has 0 saturated carbocycles. The lowest BCUT2D eigenvalue weighted by Crippen LogP contribution is -2.48. The average molecular weight is 377 g/mol. The molecule has 0 aliphatic carbocycles. The molecule has 0 spiro atoms. The van der Waals surface area contributed by atoms with Gasteiger partial charge in [0.1, 0.15) is 11.9 Å². The fourth-order valence-electron chi connectivity index (χ4n) is 3.10. The molecule has 2 atom stereocenters. The lowest BCUT2D eigenvalue weighted by Gasteiger charge is -2.27. The minimum Gasteiger partial charge on any atom is -0.480 e. The van der Waals surface area contributed by atoms with E-state index >= 15 is 0 Å². The summed E-state index contributed by atoms with van der Waals surface area (Å²) in [5, 5.41) is 12.1. The molecule has 0 bridgehead atoms. The molecule has 1 aliphatic rings. The number of rotatable bonds is 5. The number of halogens is 1. The number of thiophene rings is 1. The van der Waals surface area contributed by atoms with Gasteiger partial charge in [-0.2, -0.15) is 0 Å². The second-order valence-corrected chi connectivity index (χ2v) is 7.45. The van der Waals surface area contributed by atoms with E-state index in [0.717, 1.165) is 22.4 Å². The molecule has 1 aromatic carbocycles. The molecule has 2 unspecified atom stereocenters. The van der Waals surface area contributed by atoms with Crippen molar-refractivity contribution in [2.75, 3.05) is 13.2 Å². The van der Waals surface area contributed by atoms with Gasteiger partial charge in [0.25, 0.3) is 5.91 Å². The van der Waals surface area contributed by atoms with Crippen LogP contribution in [0, 0.1) is 18.7 Å². The number of ether oxygens (including phenoxy) is 1. The maximum atomic E-state index is 13.1. The van der Waals surface area contributed by atoms with E-state index in [1.807, 2.05) is 6.92 Å². The molecule has 2 aromatic rings. The van der Waals surface area contributed by atoms with Crippen LogP contribution in [0.3, 0.4) is 0 Å². The Hall–Kier alpha value is -2.25. The summed E-state index contributed by atoms with van der Waals surface area (Å²) in [6.07, 6.45) is 1.50. The number of benzene rings is 1. The van der Waals surface area contributed by atoms with E-state index in [1.54, 1.807) is 18.2 Å². The maximum Gasteiger partial charge on any atom is 0.326 e. The minimum atomic E-state index is -1.05. The van der Waals surface area contributed by atoms with Crippen LogP contribution in [0.4, 0.5) is 4.39 Å². The molecular formula is C19H20FNO4S. The number of aliphatic carboxylic acids is 1. The Morgan fingerprint density at radius 2 is 2.08 bits per heavy atom. The van der Waals surface area contributed by atoms with Gasteiger partial charge in [-0.1, -0.05) is 12.1 Å². The molecule has 1 aliphatic heterocycles. The van der Waals surface area contributed by atoms with Gasteiger partial charge >= 0.3 is 5.97 Å². The number of amides is 1. The number of carboxylic acids is 1. The normalized spacial score (nSPS) is 18.3. The van der Waals surface area contributed by atoms with Crippen LogP contribution in [-0.4, -0.2) is 36.2 Å². The Bertz CT molecular complexity index is 796. The molecule has 1 fully saturated rings. The second-order valence-electron chi connectivity index (χ2n) is 6.40. The topological polar surface area (TPSA) is 75.6 Å². The fraction of sp³-hybridized carbons (Fsp3) is 0.368. The largest absolute Gasteiger partial charge is 0.480 e. The van der Waals surface area contributed by atoms with Crippen LogP contribution in [0.5, 0.6) is 0 Å². The van der Waals surface area contributed by atoms with Gasteiger partial charge in [0.15, 0.2) is 0 Å². The van der Waals surface area contributed by atoms with Gasteiger partial charge in [0.2, 0.25) is 0 Å². The van der Waals surface area contributed by atoms with Gasteiger partial charge in [-0.05, 0) is 49.1 Å². The SMILES string of the molecule is Cc1cc(C(=O)NC(C(=O)O)C2CCCOC2)sc1-c1ccc(F)cc1. The van der Waals surface area contributed by atoms with Crippen LogP contribution < -0.4 is 5.32 Å². The van der Waals surface area contributed by atoms with Crippen molar-refractivity contribution < 1.29 is 23.8 Å². The summed E-state index contributed by atoms with van der Waals surface area (Å²) < 4.78 is 18.5. The van der Waals surface area contributed by atoms with Crippen molar-refractivity contribution in [2.24, 2.45) is 5.92 Å². The third-order valence-electron chi connectivity index (χ3n) is 4.47. The molecule has 26 heavy (non-hydrogen) atoms. The van der Waals surface area contributed by atoms with Crippen molar-refractivity contribution >= 4 is 23.2 Å². The first kappa shape index (κ1) is 18.5. The van der Waals surface area contributed by atoms with Crippen molar-refractivity contribution in [3.8, 4) is 10.4 Å². The number of hydrogen-bond donors (Lipinski definition) is 2. The predicted molar refractivity (Wildman–Crippen MR) is 96.9 cm³/mol. The van der Waals surface area contributed by atoms with Crippen molar-refractivity contribution in [3.63, 3.8) is 0 Å². The van der Waals surface area contributed by atoms with Crippen molar-refractivity contribution in [2.45, 2.75) is 25.8 Å². The van der Waals surface area contributed by atoms with Crippen LogP contribution >= 0.6 is 11.3 Å². The molecule has 1 amide bonds. The molecule has 2 heterocycles. The van der Waals surface area contributed by atoms with Crippen molar-refractivity contribution in [1.29, 1.82) is 0 Å². The van der Waals surface area contributed by atoms with Crippen LogP contribution in [-0.2, 0) is 9.53 Å². The zero-order chi connectivity index (χ0) is 18.7. The summed E-state index contributed by atoms with van der Waals surface area (Å²) in [6.45, 7) is 2.83. The Kier molecular flexibility index (Phi) is 5.68. The molecule has 138 valence electrons. The average Bonchev–Trinajstić information content (AvgIpc) is 3.02. The molecular weight excluding hydrogens is 357 g/mol. The summed E-state index contributed by atoms with van der Waals surface area (Å²) in [6, 6.07) is 6.83. The van der Waals surface area contributed by atoms with Crippen molar-refractivity contribution in [3.05, 3.63) is 46.6 Å². The monoisotopic (exact) mass is 377 g/mol. The standard InChI is InChI=1S/C19H20FNO4S/c1-11-9-15(26-17(11)12-4-6-14(20)7-5-12)18(22)21-16(19(23)24)13-3-2-8-25-10-13/h4-7,9,13,16H,2-3,8,10H2,1H3,(H,21,22)(H,23,24). The number of carboxylic acid groups (broad SMARTS) is 1. The maximum absolute atomic E-state index is 13.1. The fourth-order valence-corrected chi connectivity index (χ4v) is 4.19. The molecule has 1 aromatic heterocycles. The Morgan fingerprint density at radius 1 is 1.35 bits per heavy atom. The van der Waals surface area contributed by atoms with Gasteiger partial charge in [-0.25, -0.2) is 9.18 Å². The second kappa shape index (κ2) is 7.97. The summed E-state index contributed by atoms with van der Waals surface area (Å²) in [4.78, 5) is 25.5. The Labute approximate surface area is 154 Å². The van der Waals surface area contributed by atoms with Gasteiger partial charge in [-0.3, -0.25) is 4.79 Å². The van der Waals surface area contributed by atoms with E-state index in [0.29, 0.717) is 24.5 Å². The first-order valence-electron chi connectivity index (χ1n) is 8.43. The van der Waals surface area contributed by atoms with Crippen LogP contribution in [0.25, 0.3) is 10.4 Å². The highest BCUT2D eigenvalue weighted by Gasteiger charge is 2.32. The highest BCUT2D eigenvalue weighted by atomic mass is 32.1. The number of hydrogen-bond acceptors (Lipinski definition) is 4. The van der Waals surface area contributed by atoms with E-state index in [1.165, 1.54) is 23.5 Å². The smallest absolute Gasteiger partial charge is 0.326 e. The third-order valence-corrected chi connectivity index (χ3v) is 5.75. The lowest BCUT2D eigenvalue weighted by atomic mass is 9.93. The summed E-state index contributed by atoms with van der Waals surface area (Å²) >= 11 is 1.27. The van der Waals surface area contributed by atoms with E-state index in [-0.39, 0.29) is 11.7 Å². The van der Waals surface area contributed by atoms with Crippen molar-refractivity contribution in [1.82, 2.24) is 5.32 Å². The minimum absolute atomic E-state index is 0.233. The Morgan fingerprint density at radius 3 is 2.69 bits per heavy atom. The van der Waals surface area contributed by atoms with E-state index in [2.05, 4.69) is 5.32 Å². The first-order valence-corrected chi connectivity index (χ1v) is 9.25. The predicted octanol–water partition coefficient (Wildman–Crippen LogP) is 3.47. The molecule has 1 saturated heterocycles. The molecule has 2 N–H and O–H groups in total. The quantitative estimate of drug-likeness (QED) is 0.837. The van der Waals surface area contributed by atoms with Gasteiger partial charge < -0.3 is 15.2 Å². The van der Waals surface area contributed by atoms with E-state index in [4.69, 9.17) is 4.74 Å². The van der Waals surface area contributed by atoms with Gasteiger partial charge in [-0.15, -0.1) is 11.3 Å². The van der Waals surface area contributed by atoms with Gasteiger partial charge in [0, 0.05) is 17.4 Å². The summed E-state index contributed by atoms with van der Waals surface area (Å²) in [7, 11) is 0. The number of carbonyl (C=O) groups excluding carboxylic acids is 1.